The van der Waals surface area contributed by atoms with Crippen LogP contribution in [-0.4, -0.2) is 15.1 Å². The summed E-state index contributed by atoms with van der Waals surface area (Å²) < 4.78 is 5.60. The zero-order chi connectivity index (χ0) is 20.7. The first-order valence-corrected chi connectivity index (χ1v) is 9.67. The number of aromatic nitrogens is 3. The standard InChI is InChI=1S/C25H18N4O/c1-25(2,15-26)19-8-5-16(6-9-19)24-23-20-12-17(18-4-3-11-27-13-18)7-10-21(20)28-14-22(23)30-29-24/h3-14H,1-2H3. The number of rotatable bonds is 3. The lowest BCUT2D eigenvalue weighted by molar-refractivity contribution is 0.459. The molecule has 5 aromatic rings. The van der Waals surface area contributed by atoms with E-state index in [0.717, 1.165) is 44.2 Å². The average molecular weight is 390 g/mol. The fourth-order valence-corrected chi connectivity index (χ4v) is 3.65. The Kier molecular flexibility index (Phi) is 4.07. The molecular weight excluding hydrogens is 372 g/mol. The predicted molar refractivity (Wildman–Crippen MR) is 117 cm³/mol. The molecule has 3 aromatic heterocycles. The SMILES string of the molecule is CC(C)(C#N)c1ccc(-c2noc3cnc4ccc(-c5cccnc5)cc4c23)cc1. The Morgan fingerprint density at radius 2 is 1.73 bits per heavy atom. The summed E-state index contributed by atoms with van der Waals surface area (Å²) in [6.07, 6.45) is 5.32. The normalized spacial score (nSPS) is 11.6. The van der Waals surface area contributed by atoms with Crippen molar-refractivity contribution in [1.82, 2.24) is 15.1 Å². The van der Waals surface area contributed by atoms with E-state index in [2.05, 4.69) is 27.3 Å². The van der Waals surface area contributed by atoms with E-state index in [9.17, 15) is 5.26 Å². The molecule has 0 amide bonds. The van der Waals surface area contributed by atoms with Gasteiger partial charge in [0.15, 0.2) is 5.58 Å². The highest BCUT2D eigenvalue weighted by Crippen LogP contribution is 2.35. The van der Waals surface area contributed by atoms with Crippen molar-refractivity contribution in [2.45, 2.75) is 19.3 Å². The Bertz CT molecular complexity index is 1410. The van der Waals surface area contributed by atoms with Crippen LogP contribution >= 0.6 is 0 Å². The van der Waals surface area contributed by atoms with Crippen molar-refractivity contribution >= 4 is 21.9 Å². The number of pyridine rings is 2. The fraction of sp³-hybridized carbons (Fsp3) is 0.120. The van der Waals surface area contributed by atoms with E-state index in [1.54, 1.807) is 12.4 Å². The zero-order valence-electron chi connectivity index (χ0n) is 16.6. The summed E-state index contributed by atoms with van der Waals surface area (Å²) in [5.74, 6) is 0. The Hall–Kier alpha value is -4.04. The molecule has 0 saturated heterocycles. The van der Waals surface area contributed by atoms with Gasteiger partial charge in [0.25, 0.3) is 0 Å². The summed E-state index contributed by atoms with van der Waals surface area (Å²) in [5, 5.41) is 15.6. The Morgan fingerprint density at radius 3 is 2.47 bits per heavy atom. The van der Waals surface area contributed by atoms with Gasteiger partial charge in [0.05, 0.1) is 28.6 Å². The van der Waals surface area contributed by atoms with Gasteiger partial charge in [-0.2, -0.15) is 5.26 Å². The number of hydrogen-bond acceptors (Lipinski definition) is 5. The van der Waals surface area contributed by atoms with Gasteiger partial charge < -0.3 is 4.52 Å². The third kappa shape index (κ3) is 2.90. The first-order chi connectivity index (χ1) is 14.6. The highest BCUT2D eigenvalue weighted by Gasteiger charge is 2.20. The monoisotopic (exact) mass is 390 g/mol. The molecule has 0 bridgehead atoms. The van der Waals surface area contributed by atoms with Crippen molar-refractivity contribution in [2.75, 3.05) is 0 Å². The van der Waals surface area contributed by atoms with Crippen molar-refractivity contribution in [2.24, 2.45) is 0 Å². The topological polar surface area (TPSA) is 75.6 Å². The number of fused-ring (bicyclic) bond motifs is 3. The number of benzene rings is 2. The third-order valence-corrected chi connectivity index (χ3v) is 5.46. The van der Waals surface area contributed by atoms with E-state index in [1.807, 2.05) is 68.6 Å². The van der Waals surface area contributed by atoms with Crippen LogP contribution in [0.15, 0.2) is 77.7 Å². The second-order valence-electron chi connectivity index (χ2n) is 7.82. The molecule has 0 unspecified atom stereocenters. The molecular formula is C25H18N4O. The average Bonchev–Trinajstić information content (AvgIpc) is 3.24. The van der Waals surface area contributed by atoms with E-state index in [1.165, 1.54) is 0 Å². The van der Waals surface area contributed by atoms with Crippen LogP contribution in [0.5, 0.6) is 0 Å². The third-order valence-electron chi connectivity index (χ3n) is 5.46. The molecule has 5 heteroatoms. The second kappa shape index (κ2) is 6.78. The summed E-state index contributed by atoms with van der Waals surface area (Å²) in [5.41, 5.74) is 5.74. The summed E-state index contributed by atoms with van der Waals surface area (Å²) >= 11 is 0. The number of nitriles is 1. The predicted octanol–water partition coefficient (Wildman–Crippen LogP) is 5.91. The lowest BCUT2D eigenvalue weighted by atomic mass is 9.86. The molecule has 2 aromatic carbocycles. The molecule has 0 aliphatic carbocycles. The first kappa shape index (κ1) is 18.0. The lowest BCUT2D eigenvalue weighted by Crippen LogP contribution is -2.13. The number of nitrogens with zero attached hydrogens (tertiary/aromatic N) is 4. The summed E-state index contributed by atoms with van der Waals surface area (Å²) in [7, 11) is 0. The van der Waals surface area contributed by atoms with Crippen LogP contribution in [0, 0.1) is 11.3 Å². The van der Waals surface area contributed by atoms with Crippen molar-refractivity contribution < 1.29 is 4.52 Å². The Labute approximate surface area is 173 Å². The van der Waals surface area contributed by atoms with Crippen LogP contribution < -0.4 is 0 Å². The maximum absolute atomic E-state index is 9.39. The maximum atomic E-state index is 9.39. The van der Waals surface area contributed by atoms with Crippen molar-refractivity contribution in [3.63, 3.8) is 0 Å². The van der Waals surface area contributed by atoms with Gasteiger partial charge >= 0.3 is 0 Å². The Morgan fingerprint density at radius 1 is 0.933 bits per heavy atom. The van der Waals surface area contributed by atoms with Crippen molar-refractivity contribution in [3.05, 3.63) is 78.8 Å². The summed E-state index contributed by atoms with van der Waals surface area (Å²) in [6, 6.07) is 20.4. The molecule has 0 fully saturated rings. The van der Waals surface area contributed by atoms with Gasteiger partial charge in [-0.05, 0) is 43.2 Å². The minimum Gasteiger partial charge on any atom is -0.354 e. The van der Waals surface area contributed by atoms with E-state index < -0.39 is 5.41 Å². The molecule has 3 heterocycles. The van der Waals surface area contributed by atoms with E-state index in [4.69, 9.17) is 4.52 Å². The molecule has 0 saturated carbocycles. The van der Waals surface area contributed by atoms with Crippen LogP contribution in [0.4, 0.5) is 0 Å². The molecule has 144 valence electrons. The molecule has 5 nitrogen and oxygen atoms in total. The quantitative estimate of drug-likeness (QED) is 0.383. The minimum absolute atomic E-state index is 0.542. The molecule has 0 aliphatic heterocycles. The molecule has 5 rings (SSSR count). The fourth-order valence-electron chi connectivity index (χ4n) is 3.65. The molecule has 0 aliphatic rings. The van der Waals surface area contributed by atoms with Crippen LogP contribution in [0.25, 0.3) is 44.3 Å². The first-order valence-electron chi connectivity index (χ1n) is 9.67. The van der Waals surface area contributed by atoms with Crippen LogP contribution in [-0.2, 0) is 5.41 Å². The lowest BCUT2D eigenvalue weighted by Gasteiger charge is -2.15. The maximum Gasteiger partial charge on any atom is 0.186 e. The highest BCUT2D eigenvalue weighted by atomic mass is 16.5. The largest absolute Gasteiger partial charge is 0.354 e. The number of hydrogen-bond donors (Lipinski definition) is 0. The van der Waals surface area contributed by atoms with Crippen molar-refractivity contribution in [1.29, 1.82) is 5.26 Å². The highest BCUT2D eigenvalue weighted by molar-refractivity contribution is 6.11. The van der Waals surface area contributed by atoms with Gasteiger partial charge in [-0.3, -0.25) is 9.97 Å². The van der Waals surface area contributed by atoms with Crippen LogP contribution in [0.1, 0.15) is 19.4 Å². The molecule has 30 heavy (non-hydrogen) atoms. The Balaban J connectivity index is 1.70. The van der Waals surface area contributed by atoms with Gasteiger partial charge in [0.1, 0.15) is 5.69 Å². The van der Waals surface area contributed by atoms with Gasteiger partial charge in [-0.1, -0.05) is 41.6 Å². The van der Waals surface area contributed by atoms with Gasteiger partial charge in [-0.15, -0.1) is 0 Å². The second-order valence-corrected chi connectivity index (χ2v) is 7.82. The molecule has 0 N–H and O–H groups in total. The molecule has 0 spiro atoms. The van der Waals surface area contributed by atoms with Crippen LogP contribution in [0.2, 0.25) is 0 Å². The minimum atomic E-state index is -0.542. The van der Waals surface area contributed by atoms with Gasteiger partial charge in [-0.25, -0.2) is 0 Å². The molecule has 0 atom stereocenters. The van der Waals surface area contributed by atoms with Gasteiger partial charge in [0, 0.05) is 28.9 Å². The summed E-state index contributed by atoms with van der Waals surface area (Å²) in [4.78, 5) is 8.75. The van der Waals surface area contributed by atoms with E-state index in [0.29, 0.717) is 5.58 Å². The zero-order valence-corrected chi connectivity index (χ0v) is 16.6. The molecule has 0 radical (unpaired) electrons. The van der Waals surface area contributed by atoms with Crippen LogP contribution in [0.3, 0.4) is 0 Å². The van der Waals surface area contributed by atoms with E-state index >= 15 is 0 Å². The van der Waals surface area contributed by atoms with Gasteiger partial charge in [0.2, 0.25) is 0 Å². The van der Waals surface area contributed by atoms with E-state index in [-0.39, 0.29) is 0 Å². The summed E-state index contributed by atoms with van der Waals surface area (Å²) in [6.45, 7) is 3.82. The van der Waals surface area contributed by atoms with Crippen molar-refractivity contribution in [3.8, 4) is 28.5 Å². The smallest absolute Gasteiger partial charge is 0.186 e.